The number of rotatable bonds is 2. The predicted molar refractivity (Wildman–Crippen MR) is 103 cm³/mol. The molecule has 2 aliphatic rings. The van der Waals surface area contributed by atoms with Crippen molar-refractivity contribution in [3.8, 4) is 11.8 Å². The van der Waals surface area contributed by atoms with Crippen LogP contribution in [0.4, 0.5) is 10.1 Å². The number of likely N-dealkylation sites (tertiary alicyclic amines) is 1. The fourth-order valence-corrected chi connectivity index (χ4v) is 3.54. The van der Waals surface area contributed by atoms with Crippen LogP contribution in [0.2, 0.25) is 0 Å². The first kappa shape index (κ1) is 17.5. The summed E-state index contributed by atoms with van der Waals surface area (Å²) >= 11 is 0. The van der Waals surface area contributed by atoms with Crippen LogP contribution >= 0.6 is 0 Å². The highest BCUT2D eigenvalue weighted by atomic mass is 19.1. The van der Waals surface area contributed by atoms with Crippen molar-refractivity contribution in [2.24, 2.45) is 0 Å². The molecule has 5 nitrogen and oxygen atoms in total. The number of imidazole rings is 1. The van der Waals surface area contributed by atoms with Gasteiger partial charge < -0.3 is 10.3 Å². The van der Waals surface area contributed by atoms with Gasteiger partial charge in [0.1, 0.15) is 5.82 Å². The molecule has 3 heterocycles. The minimum absolute atomic E-state index is 0.260. The molecule has 6 heteroatoms. The first-order valence-corrected chi connectivity index (χ1v) is 9.20. The summed E-state index contributed by atoms with van der Waals surface area (Å²) in [5, 5.41) is 2.80. The topological polar surface area (TPSA) is 61.0 Å². The first-order chi connectivity index (χ1) is 13.1. The van der Waals surface area contributed by atoms with E-state index in [4.69, 9.17) is 0 Å². The Morgan fingerprint density at radius 3 is 2.85 bits per heavy atom. The van der Waals surface area contributed by atoms with E-state index in [9.17, 15) is 9.18 Å². The summed E-state index contributed by atoms with van der Waals surface area (Å²) < 4.78 is 14.6. The van der Waals surface area contributed by atoms with Crippen molar-refractivity contribution in [2.75, 3.05) is 25.0 Å². The molecule has 138 valence electrons. The quantitative estimate of drug-likeness (QED) is 0.636. The summed E-state index contributed by atoms with van der Waals surface area (Å²) in [5.41, 5.74) is 3.29. The lowest BCUT2D eigenvalue weighted by molar-refractivity contribution is -0.110. The monoisotopic (exact) mass is 364 g/mol. The van der Waals surface area contributed by atoms with Crippen LogP contribution in [0, 0.1) is 24.6 Å². The Bertz CT molecular complexity index is 974. The molecule has 27 heavy (non-hydrogen) atoms. The number of hydrogen-bond acceptors (Lipinski definition) is 3. The van der Waals surface area contributed by atoms with Gasteiger partial charge in [0, 0.05) is 5.56 Å². The lowest BCUT2D eigenvalue weighted by Crippen LogP contribution is -2.29. The number of H-pyrrole nitrogens is 1. The number of amides is 1. The zero-order chi connectivity index (χ0) is 18.8. The number of hydrogen-bond donors (Lipinski definition) is 2. The summed E-state index contributed by atoms with van der Waals surface area (Å²) in [6, 6.07) is 2.94. The molecule has 1 aromatic carbocycles. The lowest BCUT2D eigenvalue weighted by Gasteiger charge is -2.23. The minimum atomic E-state index is -0.413. The number of benzene rings is 1. The van der Waals surface area contributed by atoms with Gasteiger partial charge in [0.05, 0.1) is 41.1 Å². The number of carbonyl (C=O) groups is 1. The van der Waals surface area contributed by atoms with Crippen LogP contribution in [0.5, 0.6) is 0 Å². The maximum Gasteiger partial charge on any atom is 0.256 e. The molecule has 0 unspecified atom stereocenters. The van der Waals surface area contributed by atoms with E-state index in [2.05, 4.69) is 32.0 Å². The molecule has 0 radical (unpaired) electrons. The number of fused-ring (bicyclic) bond motifs is 1. The van der Waals surface area contributed by atoms with Crippen molar-refractivity contribution in [1.29, 1.82) is 0 Å². The summed E-state index contributed by atoms with van der Waals surface area (Å²) in [5.74, 6) is 5.40. The van der Waals surface area contributed by atoms with Gasteiger partial charge in [0.25, 0.3) is 5.91 Å². The van der Waals surface area contributed by atoms with E-state index in [1.165, 1.54) is 25.3 Å². The number of piperidine rings is 1. The molecule has 0 saturated carbocycles. The third-order valence-electron chi connectivity index (χ3n) is 5.04. The van der Waals surface area contributed by atoms with E-state index in [0.29, 0.717) is 23.4 Å². The Morgan fingerprint density at radius 2 is 2.11 bits per heavy atom. The van der Waals surface area contributed by atoms with Gasteiger partial charge in [-0.05, 0) is 51.1 Å². The molecular formula is C21H21FN4O. The van der Waals surface area contributed by atoms with E-state index >= 15 is 0 Å². The maximum absolute atomic E-state index is 14.6. The summed E-state index contributed by atoms with van der Waals surface area (Å²) in [4.78, 5) is 21.9. The summed E-state index contributed by atoms with van der Waals surface area (Å²) in [7, 11) is 0. The fraction of sp³-hybridized carbons (Fsp3) is 0.333. The van der Waals surface area contributed by atoms with E-state index < -0.39 is 5.82 Å². The number of aromatic amines is 1. The van der Waals surface area contributed by atoms with Gasteiger partial charge in [-0.15, -0.1) is 0 Å². The Kier molecular flexibility index (Phi) is 4.78. The van der Waals surface area contributed by atoms with Gasteiger partial charge in [-0.1, -0.05) is 18.3 Å². The van der Waals surface area contributed by atoms with Crippen LogP contribution in [-0.2, 0) is 4.79 Å². The number of anilines is 1. The lowest BCUT2D eigenvalue weighted by atomic mass is 9.99. The Labute approximate surface area is 157 Å². The second-order valence-electron chi connectivity index (χ2n) is 6.90. The highest BCUT2D eigenvalue weighted by Gasteiger charge is 2.28. The van der Waals surface area contributed by atoms with E-state index in [-0.39, 0.29) is 11.5 Å². The number of aryl methyl sites for hydroxylation is 1. The van der Waals surface area contributed by atoms with Crippen molar-refractivity contribution in [3.05, 3.63) is 46.8 Å². The molecule has 4 rings (SSSR count). The molecule has 0 aliphatic carbocycles. The Balaban J connectivity index is 1.70. The largest absolute Gasteiger partial charge is 0.345 e. The van der Waals surface area contributed by atoms with Crippen molar-refractivity contribution in [3.63, 3.8) is 0 Å². The van der Waals surface area contributed by atoms with Gasteiger partial charge in [-0.25, -0.2) is 9.37 Å². The van der Waals surface area contributed by atoms with Crippen LogP contribution in [0.25, 0.3) is 11.6 Å². The van der Waals surface area contributed by atoms with Gasteiger partial charge in [-0.2, -0.15) is 0 Å². The predicted octanol–water partition coefficient (Wildman–Crippen LogP) is 3.19. The molecule has 2 aliphatic heterocycles. The second kappa shape index (κ2) is 7.37. The molecule has 1 aromatic heterocycles. The third kappa shape index (κ3) is 3.51. The van der Waals surface area contributed by atoms with Gasteiger partial charge >= 0.3 is 0 Å². The molecule has 2 N–H and O–H groups in total. The van der Waals surface area contributed by atoms with Crippen LogP contribution < -0.4 is 5.32 Å². The maximum atomic E-state index is 14.6. The van der Waals surface area contributed by atoms with E-state index in [0.717, 1.165) is 24.5 Å². The number of nitrogens with one attached hydrogen (secondary N) is 2. The molecule has 0 atom stereocenters. The molecule has 1 saturated heterocycles. The van der Waals surface area contributed by atoms with E-state index in [1.807, 2.05) is 6.92 Å². The average Bonchev–Trinajstić information content (AvgIpc) is 3.22. The van der Waals surface area contributed by atoms with Crippen LogP contribution in [0.1, 0.15) is 41.8 Å². The third-order valence-corrected chi connectivity index (χ3v) is 5.04. The van der Waals surface area contributed by atoms with Crippen molar-refractivity contribution < 1.29 is 9.18 Å². The van der Waals surface area contributed by atoms with E-state index in [1.54, 1.807) is 18.5 Å². The van der Waals surface area contributed by atoms with Gasteiger partial charge in [0.2, 0.25) is 0 Å². The number of halogens is 1. The van der Waals surface area contributed by atoms with Crippen LogP contribution in [-0.4, -0.2) is 40.4 Å². The number of carbonyl (C=O) groups excluding carboxylic acids is 1. The molecule has 1 fully saturated rings. The average molecular weight is 364 g/mol. The zero-order valence-electron chi connectivity index (χ0n) is 15.2. The van der Waals surface area contributed by atoms with Crippen LogP contribution in [0.3, 0.4) is 0 Å². The van der Waals surface area contributed by atoms with Crippen molar-refractivity contribution >= 4 is 23.2 Å². The molecule has 2 aromatic rings. The molecular weight excluding hydrogens is 343 g/mol. The Hall–Kier alpha value is -2.91. The minimum Gasteiger partial charge on any atom is -0.345 e. The summed E-state index contributed by atoms with van der Waals surface area (Å²) in [6.07, 6.45) is 6.91. The normalized spacial score (nSPS) is 18.1. The molecule has 0 spiro atoms. The van der Waals surface area contributed by atoms with Gasteiger partial charge in [0.15, 0.2) is 0 Å². The Morgan fingerprint density at radius 1 is 1.30 bits per heavy atom. The SMILES string of the molecule is Cc1nc[nH]c1/C=C1\C(=O)Nc2ccc(F)c(C#CCN3CCCCC3)c21. The van der Waals surface area contributed by atoms with Crippen molar-refractivity contribution in [1.82, 2.24) is 14.9 Å². The van der Waals surface area contributed by atoms with Crippen LogP contribution in [0.15, 0.2) is 18.5 Å². The number of aromatic nitrogens is 2. The molecule has 1 amide bonds. The molecule has 0 bridgehead atoms. The highest BCUT2D eigenvalue weighted by Crippen LogP contribution is 2.36. The standard InChI is InChI=1S/C21H21FN4O/c1-14-19(24-13-23-14)12-16-20-15(6-5-11-26-9-3-2-4-10-26)17(22)7-8-18(20)25-21(16)27/h7-8,12-13H,2-4,9-11H2,1H3,(H,23,24)(H,25,27)/b16-12-. The smallest absolute Gasteiger partial charge is 0.256 e. The fourth-order valence-electron chi connectivity index (χ4n) is 3.54. The zero-order valence-corrected chi connectivity index (χ0v) is 15.2. The first-order valence-electron chi connectivity index (χ1n) is 9.20. The number of nitrogens with zero attached hydrogens (tertiary/aromatic N) is 2. The second-order valence-corrected chi connectivity index (χ2v) is 6.90. The summed E-state index contributed by atoms with van der Waals surface area (Å²) in [6.45, 7) is 4.54. The van der Waals surface area contributed by atoms with Gasteiger partial charge in [-0.3, -0.25) is 9.69 Å². The van der Waals surface area contributed by atoms with Crippen molar-refractivity contribution in [2.45, 2.75) is 26.2 Å². The highest BCUT2D eigenvalue weighted by molar-refractivity contribution is 6.35.